The predicted molar refractivity (Wildman–Crippen MR) is 110 cm³/mol. The smallest absolute Gasteiger partial charge is 0.242 e. The highest BCUT2D eigenvalue weighted by atomic mass is 35.5. The summed E-state index contributed by atoms with van der Waals surface area (Å²) in [5.41, 5.74) is 5.77. The Bertz CT molecular complexity index is 610. The number of anilines is 1. The molecule has 0 spiro atoms. The van der Waals surface area contributed by atoms with Crippen LogP contribution in [0, 0.1) is 5.92 Å². The third kappa shape index (κ3) is 7.04. The lowest BCUT2D eigenvalue weighted by molar-refractivity contribution is -0.133. The van der Waals surface area contributed by atoms with Crippen LogP contribution < -0.4 is 20.7 Å². The Morgan fingerprint density at radius 2 is 1.89 bits per heavy atom. The molecule has 1 saturated heterocycles. The molecule has 2 rings (SSSR count). The molecule has 1 aliphatic rings. The summed E-state index contributed by atoms with van der Waals surface area (Å²) in [7, 11) is 1.62. The van der Waals surface area contributed by atoms with E-state index in [4.69, 9.17) is 10.5 Å². The summed E-state index contributed by atoms with van der Waals surface area (Å²) in [5, 5.41) is 2.62. The molecule has 0 aliphatic carbocycles. The fraction of sp³-hybridized carbons (Fsp3) is 0.588. The van der Waals surface area contributed by atoms with E-state index in [0.717, 1.165) is 11.6 Å². The lowest BCUT2D eigenvalue weighted by Crippen LogP contribution is -2.53. The Kier molecular flexibility index (Phi) is 11.1. The molecule has 2 heterocycles. The van der Waals surface area contributed by atoms with Gasteiger partial charge in [-0.1, -0.05) is 13.8 Å². The molecule has 1 aromatic rings. The molecule has 1 aromatic heterocycles. The van der Waals surface area contributed by atoms with Gasteiger partial charge >= 0.3 is 0 Å². The molecule has 0 radical (unpaired) electrons. The van der Waals surface area contributed by atoms with Gasteiger partial charge in [-0.3, -0.25) is 9.59 Å². The Labute approximate surface area is 172 Å². The number of nitrogens with one attached hydrogen (secondary N) is 1. The van der Waals surface area contributed by atoms with Crippen molar-refractivity contribution in [1.29, 1.82) is 0 Å². The van der Waals surface area contributed by atoms with Crippen LogP contribution in [0.2, 0.25) is 0 Å². The molecule has 0 saturated carbocycles. The number of piperazine rings is 1. The summed E-state index contributed by atoms with van der Waals surface area (Å²) >= 11 is 0. The summed E-state index contributed by atoms with van der Waals surface area (Å²) < 4.78 is 5.21. The molecule has 0 bridgehead atoms. The monoisotopic (exact) mass is 421 g/mol. The molecular formula is C17H29Cl2N5O3. The van der Waals surface area contributed by atoms with Crippen molar-refractivity contribution in [2.24, 2.45) is 11.7 Å². The molecule has 1 atom stereocenters. The van der Waals surface area contributed by atoms with Crippen molar-refractivity contribution in [3.8, 4) is 5.75 Å². The summed E-state index contributed by atoms with van der Waals surface area (Å²) in [4.78, 5) is 32.3. The molecule has 1 aliphatic heterocycles. The van der Waals surface area contributed by atoms with Crippen molar-refractivity contribution >= 4 is 42.4 Å². The van der Waals surface area contributed by atoms with Crippen molar-refractivity contribution in [2.75, 3.05) is 44.7 Å². The van der Waals surface area contributed by atoms with E-state index >= 15 is 0 Å². The second-order valence-electron chi connectivity index (χ2n) is 6.41. The number of pyridine rings is 1. The first-order valence-electron chi connectivity index (χ1n) is 8.48. The van der Waals surface area contributed by atoms with Crippen LogP contribution >= 0.6 is 24.8 Å². The maximum Gasteiger partial charge on any atom is 0.242 e. The van der Waals surface area contributed by atoms with Gasteiger partial charge in [0.1, 0.15) is 11.6 Å². The Hall–Kier alpha value is -1.77. The van der Waals surface area contributed by atoms with Crippen LogP contribution in [-0.4, -0.2) is 67.6 Å². The Morgan fingerprint density at radius 3 is 2.44 bits per heavy atom. The number of amides is 2. The predicted octanol–water partition coefficient (Wildman–Crippen LogP) is 0.682. The number of hydrogen-bond acceptors (Lipinski definition) is 6. The maximum atomic E-state index is 12.3. The van der Waals surface area contributed by atoms with Crippen molar-refractivity contribution in [1.82, 2.24) is 15.2 Å². The quantitative estimate of drug-likeness (QED) is 0.700. The van der Waals surface area contributed by atoms with Crippen LogP contribution in [0.1, 0.15) is 13.8 Å². The third-order valence-electron chi connectivity index (χ3n) is 4.34. The molecule has 3 N–H and O–H groups in total. The van der Waals surface area contributed by atoms with Gasteiger partial charge in [-0.2, -0.15) is 0 Å². The minimum atomic E-state index is -0.594. The summed E-state index contributed by atoms with van der Waals surface area (Å²) in [6.07, 6.45) is 1.71. The number of halogens is 2. The number of nitrogens with zero attached hydrogens (tertiary/aromatic N) is 3. The van der Waals surface area contributed by atoms with Crippen molar-refractivity contribution in [3.63, 3.8) is 0 Å². The van der Waals surface area contributed by atoms with Crippen LogP contribution in [0.3, 0.4) is 0 Å². The zero-order valence-corrected chi connectivity index (χ0v) is 17.5. The molecular weight excluding hydrogens is 393 g/mol. The number of aromatic nitrogens is 1. The number of nitrogens with two attached hydrogens (primary N) is 1. The average Bonchev–Trinajstić information content (AvgIpc) is 2.65. The molecule has 0 unspecified atom stereocenters. The summed E-state index contributed by atoms with van der Waals surface area (Å²) in [6, 6.07) is 3.09. The lowest BCUT2D eigenvalue weighted by atomic mass is 10.1. The van der Waals surface area contributed by atoms with Gasteiger partial charge in [0.15, 0.2) is 0 Å². The molecule has 1 fully saturated rings. The number of carbonyl (C=O) groups is 2. The zero-order valence-electron chi connectivity index (χ0n) is 15.9. The van der Waals surface area contributed by atoms with Gasteiger partial charge in [0.25, 0.3) is 0 Å². The fourth-order valence-electron chi connectivity index (χ4n) is 2.58. The van der Waals surface area contributed by atoms with E-state index in [0.29, 0.717) is 26.2 Å². The van der Waals surface area contributed by atoms with Crippen LogP contribution in [0.5, 0.6) is 5.75 Å². The largest absolute Gasteiger partial charge is 0.497 e. The minimum absolute atomic E-state index is 0. The van der Waals surface area contributed by atoms with Crippen LogP contribution in [0.15, 0.2) is 18.3 Å². The SMILES string of the molecule is COc1ccnc(N2CCN(C(=O)CNC(=O)[C@@H](N)C(C)C)CC2)c1.Cl.Cl. The Morgan fingerprint density at radius 1 is 1.26 bits per heavy atom. The van der Waals surface area contributed by atoms with E-state index in [2.05, 4.69) is 15.2 Å². The number of rotatable bonds is 6. The second-order valence-corrected chi connectivity index (χ2v) is 6.41. The molecule has 27 heavy (non-hydrogen) atoms. The first kappa shape index (κ1) is 25.2. The standard InChI is InChI=1S/C17H27N5O3.2ClH/c1-12(2)16(18)17(24)20-11-15(23)22-8-6-21(7-9-22)14-10-13(25-3)4-5-19-14;;/h4-5,10,12,16H,6-9,11,18H2,1-3H3,(H,20,24);2*1H/t16-;;/m0../s1. The van der Waals surface area contributed by atoms with Gasteiger partial charge in [0.05, 0.1) is 19.7 Å². The summed E-state index contributed by atoms with van der Waals surface area (Å²) in [6.45, 7) is 6.27. The summed E-state index contributed by atoms with van der Waals surface area (Å²) in [5.74, 6) is 1.24. The van der Waals surface area contributed by atoms with Gasteiger partial charge in [-0.25, -0.2) is 4.98 Å². The maximum absolute atomic E-state index is 12.3. The Balaban J connectivity index is 0.00000338. The highest BCUT2D eigenvalue weighted by Crippen LogP contribution is 2.19. The van der Waals surface area contributed by atoms with Gasteiger partial charge in [-0.15, -0.1) is 24.8 Å². The van der Waals surface area contributed by atoms with E-state index in [1.807, 2.05) is 19.9 Å². The van der Waals surface area contributed by atoms with Gasteiger partial charge in [-0.05, 0) is 12.0 Å². The first-order valence-corrected chi connectivity index (χ1v) is 8.48. The molecule has 154 valence electrons. The van der Waals surface area contributed by atoms with E-state index < -0.39 is 6.04 Å². The van der Waals surface area contributed by atoms with Gasteiger partial charge in [0.2, 0.25) is 11.8 Å². The molecule has 2 amide bonds. The third-order valence-corrected chi connectivity index (χ3v) is 4.34. The van der Waals surface area contributed by atoms with Crippen LogP contribution in [0.25, 0.3) is 0 Å². The number of carbonyl (C=O) groups excluding carboxylic acids is 2. The van der Waals surface area contributed by atoms with Crippen molar-refractivity contribution in [2.45, 2.75) is 19.9 Å². The lowest BCUT2D eigenvalue weighted by Gasteiger charge is -2.35. The molecule has 10 heteroatoms. The van der Waals surface area contributed by atoms with Crippen LogP contribution in [-0.2, 0) is 9.59 Å². The number of ether oxygens (including phenoxy) is 1. The van der Waals surface area contributed by atoms with E-state index in [1.165, 1.54) is 0 Å². The van der Waals surface area contributed by atoms with Crippen LogP contribution in [0.4, 0.5) is 5.82 Å². The van der Waals surface area contributed by atoms with Gasteiger partial charge in [0, 0.05) is 38.4 Å². The van der Waals surface area contributed by atoms with E-state index in [-0.39, 0.29) is 49.1 Å². The highest BCUT2D eigenvalue weighted by molar-refractivity contribution is 5.87. The second kappa shape index (κ2) is 11.8. The van der Waals surface area contributed by atoms with Crippen molar-refractivity contribution in [3.05, 3.63) is 18.3 Å². The molecule has 8 nitrogen and oxygen atoms in total. The highest BCUT2D eigenvalue weighted by Gasteiger charge is 2.23. The number of hydrogen-bond donors (Lipinski definition) is 2. The van der Waals surface area contributed by atoms with E-state index in [1.54, 1.807) is 24.3 Å². The normalized spacial score (nSPS) is 14.7. The topological polar surface area (TPSA) is 101 Å². The van der Waals surface area contributed by atoms with E-state index in [9.17, 15) is 9.59 Å². The number of methoxy groups -OCH3 is 1. The fourth-order valence-corrected chi connectivity index (χ4v) is 2.58. The van der Waals surface area contributed by atoms with Gasteiger partial charge < -0.3 is 25.6 Å². The minimum Gasteiger partial charge on any atom is -0.497 e. The first-order chi connectivity index (χ1) is 11.9. The van der Waals surface area contributed by atoms with Crippen molar-refractivity contribution < 1.29 is 14.3 Å². The molecule has 0 aromatic carbocycles. The zero-order chi connectivity index (χ0) is 18.4. The average molecular weight is 422 g/mol.